The molecule has 0 saturated carbocycles. The summed E-state index contributed by atoms with van der Waals surface area (Å²) in [5, 5.41) is 0. The first-order valence-electron chi connectivity index (χ1n) is 6.87. The van der Waals surface area contributed by atoms with Crippen molar-refractivity contribution in [1.29, 1.82) is 0 Å². The van der Waals surface area contributed by atoms with Crippen molar-refractivity contribution in [2.24, 2.45) is 5.92 Å². The summed E-state index contributed by atoms with van der Waals surface area (Å²) >= 11 is 0. The van der Waals surface area contributed by atoms with Gasteiger partial charge in [0.1, 0.15) is 0 Å². The zero-order chi connectivity index (χ0) is 13.8. The van der Waals surface area contributed by atoms with Crippen LogP contribution in [-0.4, -0.2) is 17.2 Å². The van der Waals surface area contributed by atoms with Gasteiger partial charge in [0.05, 0.1) is 0 Å². The highest BCUT2D eigenvalue weighted by atomic mass is 16.1. The Hall–Kier alpha value is -1.83. The second kappa shape index (κ2) is 5.87. The fraction of sp³-hybridized carbons (Fsp3) is 0.353. The van der Waals surface area contributed by atoms with Crippen LogP contribution in [0.5, 0.6) is 0 Å². The van der Waals surface area contributed by atoms with Crippen LogP contribution in [0.2, 0.25) is 0 Å². The Labute approximate surface area is 115 Å². The first-order valence-corrected chi connectivity index (χ1v) is 6.87. The van der Waals surface area contributed by atoms with Gasteiger partial charge in [0.25, 0.3) is 0 Å². The van der Waals surface area contributed by atoms with E-state index in [1.54, 1.807) is 0 Å². The lowest BCUT2D eigenvalue weighted by Gasteiger charge is -2.29. The average Bonchev–Trinajstić information content (AvgIpc) is 2.41. The van der Waals surface area contributed by atoms with Gasteiger partial charge < -0.3 is 4.90 Å². The fourth-order valence-corrected chi connectivity index (χ4v) is 2.48. The van der Waals surface area contributed by atoms with Gasteiger partial charge in [-0.1, -0.05) is 42.8 Å². The third-order valence-electron chi connectivity index (χ3n) is 3.52. The number of hydrogen-bond donors (Lipinski definition) is 0. The van der Waals surface area contributed by atoms with Gasteiger partial charge in [-0.2, -0.15) is 0 Å². The number of Topliss-reactive ketones (excluding diaryl/α,β-unsaturated/α-hetero) is 1. The molecule has 0 bridgehead atoms. The minimum Gasteiger partial charge on any atom is -0.353 e. The molecule has 0 saturated heterocycles. The Kier molecular flexibility index (Phi) is 4.20. The van der Waals surface area contributed by atoms with E-state index in [-0.39, 0.29) is 11.7 Å². The van der Waals surface area contributed by atoms with Crippen molar-refractivity contribution in [3.05, 3.63) is 53.9 Å². The largest absolute Gasteiger partial charge is 0.353 e. The number of benzene rings is 1. The van der Waals surface area contributed by atoms with E-state index in [0.717, 1.165) is 24.1 Å². The van der Waals surface area contributed by atoms with Crippen LogP contribution in [0.25, 0.3) is 5.57 Å². The standard InChI is InChI=1S/C17H21NO/c1-4-9-18-11-14(5-2)17(19)16(12-18)15-8-6-7-13(3)10-15/h4,6-10,12,14H,5,11H2,1-3H3/b9-4-. The summed E-state index contributed by atoms with van der Waals surface area (Å²) in [6.07, 6.45) is 6.90. The third kappa shape index (κ3) is 2.95. The van der Waals surface area contributed by atoms with Gasteiger partial charge in [0, 0.05) is 24.2 Å². The van der Waals surface area contributed by atoms with E-state index >= 15 is 0 Å². The lowest BCUT2D eigenvalue weighted by molar-refractivity contribution is -0.118. The molecule has 0 spiro atoms. The van der Waals surface area contributed by atoms with Gasteiger partial charge in [-0.25, -0.2) is 0 Å². The van der Waals surface area contributed by atoms with Crippen molar-refractivity contribution < 1.29 is 4.79 Å². The summed E-state index contributed by atoms with van der Waals surface area (Å²) in [6.45, 7) is 6.92. The molecule has 1 heterocycles. The minimum atomic E-state index is 0.0942. The molecule has 1 unspecified atom stereocenters. The summed E-state index contributed by atoms with van der Waals surface area (Å²) in [5.41, 5.74) is 3.04. The zero-order valence-electron chi connectivity index (χ0n) is 11.9. The van der Waals surface area contributed by atoms with Crippen LogP contribution in [0.1, 0.15) is 31.4 Å². The fourth-order valence-electron chi connectivity index (χ4n) is 2.48. The second-order valence-corrected chi connectivity index (χ2v) is 5.06. The van der Waals surface area contributed by atoms with Crippen LogP contribution >= 0.6 is 0 Å². The van der Waals surface area contributed by atoms with Crippen LogP contribution in [-0.2, 0) is 4.79 Å². The van der Waals surface area contributed by atoms with Crippen molar-refractivity contribution >= 4 is 11.4 Å². The maximum absolute atomic E-state index is 12.5. The van der Waals surface area contributed by atoms with E-state index in [1.807, 2.05) is 37.5 Å². The molecule has 19 heavy (non-hydrogen) atoms. The maximum Gasteiger partial charge on any atom is 0.169 e. The number of ketones is 1. The van der Waals surface area contributed by atoms with Crippen molar-refractivity contribution in [2.45, 2.75) is 27.2 Å². The molecule has 2 rings (SSSR count). The van der Waals surface area contributed by atoms with Crippen molar-refractivity contribution in [2.75, 3.05) is 6.54 Å². The van der Waals surface area contributed by atoms with Crippen molar-refractivity contribution in [3.63, 3.8) is 0 Å². The van der Waals surface area contributed by atoms with Gasteiger partial charge in [0.2, 0.25) is 0 Å². The highest BCUT2D eigenvalue weighted by molar-refractivity contribution is 6.22. The Morgan fingerprint density at radius 2 is 2.21 bits per heavy atom. The molecule has 1 aromatic rings. The molecule has 0 aliphatic carbocycles. The third-order valence-corrected chi connectivity index (χ3v) is 3.52. The van der Waals surface area contributed by atoms with Gasteiger partial charge in [0.15, 0.2) is 5.78 Å². The van der Waals surface area contributed by atoms with Crippen LogP contribution in [0, 0.1) is 12.8 Å². The van der Waals surface area contributed by atoms with E-state index in [4.69, 9.17) is 0 Å². The SMILES string of the molecule is C/C=C\N1C=C(c2cccc(C)c2)C(=O)C(CC)C1. The molecule has 1 aliphatic heterocycles. The number of carbonyl (C=O) groups excluding carboxylic acids is 1. The van der Waals surface area contributed by atoms with Gasteiger partial charge >= 0.3 is 0 Å². The van der Waals surface area contributed by atoms with E-state index in [0.29, 0.717) is 0 Å². The summed E-state index contributed by atoms with van der Waals surface area (Å²) in [6, 6.07) is 8.16. The number of aryl methyl sites for hydroxylation is 1. The molecule has 2 nitrogen and oxygen atoms in total. The van der Waals surface area contributed by atoms with Gasteiger partial charge in [-0.05, 0) is 32.0 Å². The van der Waals surface area contributed by atoms with Gasteiger partial charge in [-0.15, -0.1) is 0 Å². The predicted molar refractivity (Wildman–Crippen MR) is 79.5 cm³/mol. The lowest BCUT2D eigenvalue weighted by atomic mass is 9.88. The quantitative estimate of drug-likeness (QED) is 0.819. The highest BCUT2D eigenvalue weighted by Crippen LogP contribution is 2.27. The van der Waals surface area contributed by atoms with Crippen LogP contribution in [0.3, 0.4) is 0 Å². The summed E-state index contributed by atoms with van der Waals surface area (Å²) in [5.74, 6) is 0.366. The first kappa shape index (κ1) is 13.6. The summed E-state index contributed by atoms with van der Waals surface area (Å²) < 4.78 is 0. The Bertz CT molecular complexity index is 528. The zero-order valence-corrected chi connectivity index (χ0v) is 11.9. The molecule has 0 radical (unpaired) electrons. The summed E-state index contributed by atoms with van der Waals surface area (Å²) in [4.78, 5) is 14.6. The maximum atomic E-state index is 12.5. The molecule has 2 heteroatoms. The van der Waals surface area contributed by atoms with E-state index in [2.05, 4.69) is 30.9 Å². The van der Waals surface area contributed by atoms with E-state index in [1.165, 1.54) is 5.56 Å². The smallest absolute Gasteiger partial charge is 0.169 e. The number of carbonyl (C=O) groups is 1. The van der Waals surface area contributed by atoms with E-state index < -0.39 is 0 Å². The monoisotopic (exact) mass is 255 g/mol. The minimum absolute atomic E-state index is 0.0942. The molecule has 100 valence electrons. The molecule has 0 fully saturated rings. The van der Waals surface area contributed by atoms with Crippen LogP contribution < -0.4 is 0 Å². The molecule has 1 aromatic carbocycles. The number of allylic oxidation sites excluding steroid dienone is 2. The predicted octanol–water partition coefficient (Wildman–Crippen LogP) is 3.78. The molecule has 0 aromatic heterocycles. The highest BCUT2D eigenvalue weighted by Gasteiger charge is 2.27. The topological polar surface area (TPSA) is 20.3 Å². The molecular formula is C17H21NO. The molecular weight excluding hydrogens is 234 g/mol. The normalized spacial score (nSPS) is 19.9. The lowest BCUT2D eigenvalue weighted by Crippen LogP contribution is -2.32. The molecule has 1 atom stereocenters. The summed E-state index contributed by atoms with van der Waals surface area (Å²) in [7, 11) is 0. The number of rotatable bonds is 3. The molecule has 0 amide bonds. The van der Waals surface area contributed by atoms with Crippen LogP contribution in [0.15, 0.2) is 42.7 Å². The molecule has 1 aliphatic rings. The van der Waals surface area contributed by atoms with Crippen molar-refractivity contribution in [1.82, 2.24) is 4.90 Å². The van der Waals surface area contributed by atoms with E-state index in [9.17, 15) is 4.79 Å². The Balaban J connectivity index is 2.42. The number of hydrogen-bond acceptors (Lipinski definition) is 2. The molecule has 0 N–H and O–H groups in total. The van der Waals surface area contributed by atoms with Gasteiger partial charge in [-0.3, -0.25) is 4.79 Å². The second-order valence-electron chi connectivity index (χ2n) is 5.06. The Morgan fingerprint density at radius 1 is 1.42 bits per heavy atom. The average molecular weight is 255 g/mol. The van der Waals surface area contributed by atoms with Crippen LogP contribution in [0.4, 0.5) is 0 Å². The number of nitrogens with zero attached hydrogens (tertiary/aromatic N) is 1. The first-order chi connectivity index (χ1) is 9.15. The Morgan fingerprint density at radius 3 is 2.84 bits per heavy atom. The van der Waals surface area contributed by atoms with Crippen molar-refractivity contribution in [3.8, 4) is 0 Å².